The highest BCUT2D eigenvalue weighted by atomic mass is 16.5. The van der Waals surface area contributed by atoms with E-state index in [0.717, 1.165) is 5.56 Å². The van der Waals surface area contributed by atoms with Crippen LogP contribution in [0, 0.1) is 0 Å². The minimum Gasteiger partial charge on any atom is -0.493 e. The van der Waals surface area contributed by atoms with Gasteiger partial charge in [0, 0.05) is 37.2 Å². The van der Waals surface area contributed by atoms with Crippen LogP contribution in [0.2, 0.25) is 0 Å². The standard InChI is InChI=1S/C27H35N3O5/c1-19(2)28-26(32)18-35-23-11-10-21(17-24(23)34-3)27(33)30-15-13-22(14-16-30)29-25(31)12-9-20-7-5-4-6-8-20/h4-8,10-11,17,19,22H,9,12-16,18H2,1-3H3,(H,28,32)(H,29,31). The fourth-order valence-corrected chi connectivity index (χ4v) is 4.04. The van der Waals surface area contributed by atoms with Crippen LogP contribution in [0.4, 0.5) is 0 Å². The first-order valence-corrected chi connectivity index (χ1v) is 12.1. The number of likely N-dealkylation sites (tertiary alicyclic amines) is 1. The van der Waals surface area contributed by atoms with Gasteiger partial charge in [0.1, 0.15) is 0 Å². The first kappa shape index (κ1) is 26.1. The number of nitrogens with zero attached hydrogens (tertiary/aromatic N) is 1. The summed E-state index contributed by atoms with van der Waals surface area (Å²) in [5, 5.41) is 5.86. The van der Waals surface area contributed by atoms with Crippen LogP contribution in [0.3, 0.4) is 0 Å². The van der Waals surface area contributed by atoms with Crippen molar-refractivity contribution in [1.82, 2.24) is 15.5 Å². The van der Waals surface area contributed by atoms with Gasteiger partial charge in [0.2, 0.25) is 5.91 Å². The molecule has 2 aromatic carbocycles. The van der Waals surface area contributed by atoms with Crippen LogP contribution in [-0.4, -0.2) is 61.5 Å². The molecule has 1 saturated heterocycles. The zero-order chi connectivity index (χ0) is 25.2. The average Bonchev–Trinajstić information content (AvgIpc) is 2.86. The number of carbonyl (C=O) groups excluding carboxylic acids is 3. The van der Waals surface area contributed by atoms with Crippen LogP contribution in [0.25, 0.3) is 0 Å². The van der Waals surface area contributed by atoms with E-state index in [4.69, 9.17) is 9.47 Å². The zero-order valence-electron chi connectivity index (χ0n) is 20.7. The van der Waals surface area contributed by atoms with Gasteiger partial charge in [-0.05, 0) is 56.9 Å². The van der Waals surface area contributed by atoms with Gasteiger partial charge < -0.3 is 25.0 Å². The molecule has 3 rings (SSSR count). The molecule has 1 fully saturated rings. The maximum Gasteiger partial charge on any atom is 0.258 e. The summed E-state index contributed by atoms with van der Waals surface area (Å²) in [5.41, 5.74) is 1.64. The van der Waals surface area contributed by atoms with Crippen LogP contribution in [-0.2, 0) is 16.0 Å². The summed E-state index contributed by atoms with van der Waals surface area (Å²) in [6.07, 6.45) is 2.60. The molecule has 0 aromatic heterocycles. The van der Waals surface area contributed by atoms with E-state index in [0.29, 0.717) is 55.8 Å². The molecule has 0 atom stereocenters. The number of hydrogen-bond donors (Lipinski definition) is 2. The lowest BCUT2D eigenvalue weighted by molar-refractivity contribution is -0.123. The Balaban J connectivity index is 1.47. The van der Waals surface area contributed by atoms with E-state index in [1.807, 2.05) is 44.2 Å². The van der Waals surface area contributed by atoms with Crippen LogP contribution in [0.1, 0.15) is 49.0 Å². The minimum absolute atomic E-state index is 0.0275. The Labute approximate surface area is 207 Å². The highest BCUT2D eigenvalue weighted by Gasteiger charge is 2.25. The molecule has 1 heterocycles. The van der Waals surface area contributed by atoms with Gasteiger partial charge in [0.25, 0.3) is 11.8 Å². The number of rotatable bonds is 10. The summed E-state index contributed by atoms with van der Waals surface area (Å²) >= 11 is 0. The molecule has 0 radical (unpaired) electrons. The molecule has 0 aliphatic carbocycles. The van der Waals surface area contributed by atoms with Crippen molar-refractivity contribution in [3.8, 4) is 11.5 Å². The first-order valence-electron chi connectivity index (χ1n) is 12.1. The van der Waals surface area contributed by atoms with Gasteiger partial charge in [-0.1, -0.05) is 30.3 Å². The van der Waals surface area contributed by atoms with Gasteiger partial charge in [-0.15, -0.1) is 0 Å². The second kappa shape index (κ2) is 12.8. The van der Waals surface area contributed by atoms with E-state index in [1.54, 1.807) is 23.1 Å². The summed E-state index contributed by atoms with van der Waals surface area (Å²) in [6, 6.07) is 15.0. The summed E-state index contributed by atoms with van der Waals surface area (Å²) in [7, 11) is 1.50. The van der Waals surface area contributed by atoms with Crippen molar-refractivity contribution in [2.75, 3.05) is 26.8 Å². The number of nitrogens with one attached hydrogen (secondary N) is 2. The monoisotopic (exact) mass is 481 g/mol. The predicted molar refractivity (Wildman–Crippen MR) is 134 cm³/mol. The van der Waals surface area contributed by atoms with E-state index < -0.39 is 0 Å². The molecular formula is C27H35N3O5. The van der Waals surface area contributed by atoms with E-state index in [1.165, 1.54) is 7.11 Å². The molecule has 0 spiro atoms. The third-order valence-electron chi connectivity index (χ3n) is 5.85. The van der Waals surface area contributed by atoms with Crippen LogP contribution < -0.4 is 20.1 Å². The highest BCUT2D eigenvalue weighted by Crippen LogP contribution is 2.29. The molecule has 8 heteroatoms. The highest BCUT2D eigenvalue weighted by molar-refractivity contribution is 5.95. The van der Waals surface area contributed by atoms with Crippen molar-refractivity contribution < 1.29 is 23.9 Å². The van der Waals surface area contributed by atoms with E-state index in [2.05, 4.69) is 10.6 Å². The van der Waals surface area contributed by atoms with Crippen molar-refractivity contribution in [2.24, 2.45) is 0 Å². The van der Waals surface area contributed by atoms with Crippen molar-refractivity contribution in [3.63, 3.8) is 0 Å². The van der Waals surface area contributed by atoms with Crippen LogP contribution in [0.5, 0.6) is 11.5 Å². The second-order valence-electron chi connectivity index (χ2n) is 9.00. The Morgan fingerprint density at radius 2 is 1.71 bits per heavy atom. The second-order valence-corrected chi connectivity index (χ2v) is 9.00. The molecular weight excluding hydrogens is 446 g/mol. The zero-order valence-corrected chi connectivity index (χ0v) is 20.7. The van der Waals surface area contributed by atoms with E-state index >= 15 is 0 Å². The Morgan fingerprint density at radius 1 is 1.00 bits per heavy atom. The lowest BCUT2D eigenvalue weighted by Crippen LogP contribution is -2.46. The summed E-state index contributed by atoms with van der Waals surface area (Å²) in [4.78, 5) is 39.0. The van der Waals surface area contributed by atoms with Crippen LogP contribution in [0.15, 0.2) is 48.5 Å². The van der Waals surface area contributed by atoms with Gasteiger partial charge in [-0.25, -0.2) is 0 Å². The number of amides is 3. The molecule has 2 N–H and O–H groups in total. The predicted octanol–water partition coefficient (Wildman–Crippen LogP) is 2.95. The Bertz CT molecular complexity index is 1000. The third-order valence-corrected chi connectivity index (χ3v) is 5.85. The maximum absolute atomic E-state index is 13.0. The van der Waals surface area contributed by atoms with Gasteiger partial charge in [-0.2, -0.15) is 0 Å². The number of carbonyl (C=O) groups is 3. The third kappa shape index (κ3) is 8.02. The fraction of sp³-hybridized carbons (Fsp3) is 0.444. The van der Waals surface area contributed by atoms with E-state index in [9.17, 15) is 14.4 Å². The minimum atomic E-state index is -0.225. The molecule has 0 unspecified atom stereocenters. The van der Waals surface area contributed by atoms with Crippen molar-refractivity contribution in [1.29, 1.82) is 0 Å². The molecule has 188 valence electrons. The van der Waals surface area contributed by atoms with Gasteiger partial charge in [0.15, 0.2) is 18.1 Å². The molecule has 1 aliphatic heterocycles. The Kier molecular flexibility index (Phi) is 9.52. The molecule has 35 heavy (non-hydrogen) atoms. The number of methoxy groups -OCH3 is 1. The van der Waals surface area contributed by atoms with Crippen molar-refractivity contribution >= 4 is 17.7 Å². The van der Waals surface area contributed by atoms with Gasteiger partial charge in [-0.3, -0.25) is 14.4 Å². The van der Waals surface area contributed by atoms with Gasteiger partial charge >= 0.3 is 0 Å². The number of aryl methyl sites for hydroxylation is 1. The normalized spacial score (nSPS) is 13.9. The summed E-state index contributed by atoms with van der Waals surface area (Å²) in [5.74, 6) is 0.521. The SMILES string of the molecule is COc1cc(C(=O)N2CCC(NC(=O)CCc3ccccc3)CC2)ccc1OCC(=O)NC(C)C. The maximum atomic E-state index is 13.0. The number of hydrogen-bond acceptors (Lipinski definition) is 5. The largest absolute Gasteiger partial charge is 0.493 e. The fourth-order valence-electron chi connectivity index (χ4n) is 4.04. The quantitative estimate of drug-likeness (QED) is 0.544. The number of ether oxygens (including phenoxy) is 2. The Hall–Kier alpha value is -3.55. The molecule has 1 aliphatic rings. The molecule has 2 aromatic rings. The summed E-state index contributed by atoms with van der Waals surface area (Å²) < 4.78 is 10.9. The topological polar surface area (TPSA) is 97.0 Å². The Morgan fingerprint density at radius 3 is 2.37 bits per heavy atom. The van der Waals surface area contributed by atoms with Crippen LogP contribution >= 0.6 is 0 Å². The van der Waals surface area contributed by atoms with E-state index in [-0.39, 0.29) is 36.4 Å². The van der Waals surface area contributed by atoms with Crippen molar-refractivity contribution in [3.05, 3.63) is 59.7 Å². The molecule has 3 amide bonds. The van der Waals surface area contributed by atoms with Crippen molar-refractivity contribution in [2.45, 2.75) is 51.6 Å². The summed E-state index contributed by atoms with van der Waals surface area (Å²) in [6.45, 7) is 4.76. The molecule has 0 saturated carbocycles. The average molecular weight is 482 g/mol. The molecule has 0 bridgehead atoms. The van der Waals surface area contributed by atoms with Gasteiger partial charge in [0.05, 0.1) is 7.11 Å². The first-order chi connectivity index (χ1) is 16.9. The smallest absolute Gasteiger partial charge is 0.258 e. The lowest BCUT2D eigenvalue weighted by atomic mass is 10.0. The lowest BCUT2D eigenvalue weighted by Gasteiger charge is -2.32. The number of benzene rings is 2. The molecule has 8 nitrogen and oxygen atoms in total. The number of piperidine rings is 1.